The fourth-order valence-corrected chi connectivity index (χ4v) is 1.61. The summed E-state index contributed by atoms with van der Waals surface area (Å²) >= 11 is 0. The Kier molecular flexibility index (Phi) is 2.76. The monoisotopic (exact) mass is 218 g/mol. The van der Waals surface area contributed by atoms with Crippen LogP contribution in [-0.4, -0.2) is 21.9 Å². The second-order valence-electron chi connectivity index (χ2n) is 3.58. The van der Waals surface area contributed by atoms with Gasteiger partial charge >= 0.3 is 0 Å². The first-order valence-corrected chi connectivity index (χ1v) is 4.97. The summed E-state index contributed by atoms with van der Waals surface area (Å²) in [6, 6.07) is 5.99. The molecule has 1 aromatic carbocycles. The molecule has 0 atom stereocenters. The summed E-state index contributed by atoms with van der Waals surface area (Å²) in [5.41, 5.74) is 7.86. The summed E-state index contributed by atoms with van der Waals surface area (Å²) < 4.78 is 6.85. The Morgan fingerprint density at radius 3 is 2.81 bits per heavy atom. The average molecular weight is 218 g/mol. The van der Waals surface area contributed by atoms with Crippen LogP contribution >= 0.6 is 0 Å². The van der Waals surface area contributed by atoms with Crippen LogP contribution in [0.5, 0.6) is 5.75 Å². The molecule has 0 aliphatic heterocycles. The minimum absolute atomic E-state index is 0.425. The lowest BCUT2D eigenvalue weighted by molar-refractivity contribution is 0.411. The Bertz CT molecular complexity index is 492. The first kappa shape index (κ1) is 10.5. The van der Waals surface area contributed by atoms with Gasteiger partial charge in [0, 0.05) is 0 Å². The van der Waals surface area contributed by atoms with E-state index in [1.165, 1.54) is 6.33 Å². The van der Waals surface area contributed by atoms with E-state index in [1.54, 1.807) is 11.8 Å². The third kappa shape index (κ3) is 1.98. The van der Waals surface area contributed by atoms with Crippen molar-refractivity contribution in [1.82, 2.24) is 14.8 Å². The van der Waals surface area contributed by atoms with Crippen molar-refractivity contribution in [3.8, 4) is 5.75 Å². The highest BCUT2D eigenvalue weighted by atomic mass is 16.5. The minimum atomic E-state index is 0.425. The third-order valence-corrected chi connectivity index (χ3v) is 2.44. The number of ether oxygens (including phenoxy) is 1. The van der Waals surface area contributed by atoms with Crippen LogP contribution in [0.4, 0.5) is 5.95 Å². The molecule has 0 radical (unpaired) electrons. The molecule has 2 N–H and O–H groups in total. The molecule has 0 saturated heterocycles. The van der Waals surface area contributed by atoms with Crippen LogP contribution in [0, 0.1) is 6.92 Å². The molecule has 0 bridgehead atoms. The van der Waals surface area contributed by atoms with Crippen molar-refractivity contribution in [1.29, 1.82) is 0 Å². The van der Waals surface area contributed by atoms with Gasteiger partial charge in [0.15, 0.2) is 0 Å². The van der Waals surface area contributed by atoms with E-state index < -0.39 is 0 Å². The molecule has 0 amide bonds. The van der Waals surface area contributed by atoms with E-state index in [-0.39, 0.29) is 0 Å². The predicted molar refractivity (Wildman–Crippen MR) is 61.3 cm³/mol. The van der Waals surface area contributed by atoms with E-state index in [0.29, 0.717) is 12.5 Å². The molecule has 84 valence electrons. The van der Waals surface area contributed by atoms with Gasteiger partial charge in [0.25, 0.3) is 0 Å². The average Bonchev–Trinajstić information content (AvgIpc) is 2.65. The van der Waals surface area contributed by atoms with Crippen molar-refractivity contribution in [2.45, 2.75) is 13.5 Å². The number of methoxy groups -OCH3 is 1. The fourth-order valence-electron chi connectivity index (χ4n) is 1.61. The van der Waals surface area contributed by atoms with Crippen LogP contribution in [0.3, 0.4) is 0 Å². The Morgan fingerprint density at radius 2 is 2.25 bits per heavy atom. The number of nitrogen functional groups attached to an aromatic ring is 1. The number of anilines is 1. The molecule has 0 aliphatic carbocycles. The predicted octanol–water partition coefficient (Wildman–Crippen LogP) is 1.23. The van der Waals surface area contributed by atoms with Crippen LogP contribution in [0.15, 0.2) is 24.5 Å². The minimum Gasteiger partial charge on any atom is -0.496 e. The lowest BCUT2D eigenvalue weighted by atomic mass is 10.1. The molecular formula is C11H14N4O. The maximum Gasteiger partial charge on any atom is 0.218 e. The number of nitrogens with two attached hydrogens (primary N) is 1. The smallest absolute Gasteiger partial charge is 0.218 e. The van der Waals surface area contributed by atoms with Crippen molar-refractivity contribution in [2.24, 2.45) is 0 Å². The van der Waals surface area contributed by atoms with E-state index >= 15 is 0 Å². The van der Waals surface area contributed by atoms with Gasteiger partial charge in [-0.25, -0.2) is 9.67 Å². The maximum atomic E-state index is 5.65. The van der Waals surface area contributed by atoms with Crippen molar-refractivity contribution in [3.05, 3.63) is 35.7 Å². The molecule has 0 unspecified atom stereocenters. The zero-order chi connectivity index (χ0) is 11.5. The third-order valence-electron chi connectivity index (χ3n) is 2.44. The number of rotatable bonds is 3. The van der Waals surface area contributed by atoms with Gasteiger partial charge in [-0.3, -0.25) is 0 Å². The molecule has 1 aromatic heterocycles. The maximum absolute atomic E-state index is 5.65. The lowest BCUT2D eigenvalue weighted by Crippen LogP contribution is -2.06. The largest absolute Gasteiger partial charge is 0.496 e. The van der Waals surface area contributed by atoms with Gasteiger partial charge in [0.1, 0.15) is 12.1 Å². The topological polar surface area (TPSA) is 66.0 Å². The summed E-state index contributed by atoms with van der Waals surface area (Å²) in [6.45, 7) is 2.63. The fraction of sp³-hybridized carbons (Fsp3) is 0.273. The van der Waals surface area contributed by atoms with Crippen molar-refractivity contribution >= 4 is 5.95 Å². The van der Waals surface area contributed by atoms with Crippen molar-refractivity contribution < 1.29 is 4.74 Å². The molecule has 0 fully saturated rings. The standard InChI is InChI=1S/C11H14N4O/c1-8-5-9(3-4-10(8)16-2)6-15-11(12)13-7-14-15/h3-5,7H,6H2,1-2H3,(H2,12,13,14). The molecule has 16 heavy (non-hydrogen) atoms. The molecule has 2 rings (SSSR count). The number of aromatic nitrogens is 3. The number of nitrogens with zero attached hydrogens (tertiary/aromatic N) is 3. The van der Waals surface area contributed by atoms with Crippen molar-refractivity contribution in [2.75, 3.05) is 12.8 Å². The van der Waals surface area contributed by atoms with Crippen molar-refractivity contribution in [3.63, 3.8) is 0 Å². The van der Waals surface area contributed by atoms with Gasteiger partial charge in [-0.05, 0) is 24.1 Å². The van der Waals surface area contributed by atoms with Gasteiger partial charge in [-0.1, -0.05) is 12.1 Å². The lowest BCUT2D eigenvalue weighted by Gasteiger charge is -2.07. The zero-order valence-electron chi connectivity index (χ0n) is 9.34. The number of hydrogen-bond acceptors (Lipinski definition) is 4. The van der Waals surface area contributed by atoms with Crippen LogP contribution in [0.1, 0.15) is 11.1 Å². The first-order chi connectivity index (χ1) is 7.70. The first-order valence-electron chi connectivity index (χ1n) is 4.97. The highest BCUT2D eigenvalue weighted by Crippen LogP contribution is 2.19. The Labute approximate surface area is 93.9 Å². The molecule has 0 saturated carbocycles. The Hall–Kier alpha value is -2.04. The van der Waals surface area contributed by atoms with Crippen LogP contribution in [0.2, 0.25) is 0 Å². The molecule has 5 heteroatoms. The van der Waals surface area contributed by atoms with E-state index in [0.717, 1.165) is 16.9 Å². The number of hydrogen-bond donors (Lipinski definition) is 1. The molecule has 2 aromatic rings. The normalized spacial score (nSPS) is 10.4. The van der Waals surface area contributed by atoms with Gasteiger partial charge in [0.2, 0.25) is 5.95 Å². The second kappa shape index (κ2) is 4.22. The number of aryl methyl sites for hydroxylation is 1. The van der Waals surface area contributed by atoms with Crippen LogP contribution in [0.25, 0.3) is 0 Å². The summed E-state index contributed by atoms with van der Waals surface area (Å²) in [7, 11) is 1.66. The molecule has 0 spiro atoms. The van der Waals surface area contributed by atoms with Gasteiger partial charge in [0.05, 0.1) is 13.7 Å². The summed E-state index contributed by atoms with van der Waals surface area (Å²) in [6.07, 6.45) is 1.45. The van der Waals surface area contributed by atoms with E-state index in [2.05, 4.69) is 16.1 Å². The molecule has 1 heterocycles. The summed E-state index contributed by atoms with van der Waals surface area (Å²) in [5, 5.41) is 4.03. The SMILES string of the molecule is COc1ccc(Cn2ncnc2N)cc1C. The van der Waals surface area contributed by atoms with E-state index in [1.807, 2.05) is 19.1 Å². The molecule has 5 nitrogen and oxygen atoms in total. The molecular weight excluding hydrogens is 204 g/mol. The second-order valence-corrected chi connectivity index (χ2v) is 3.58. The number of benzene rings is 1. The van der Waals surface area contributed by atoms with Crippen LogP contribution in [-0.2, 0) is 6.54 Å². The molecule has 0 aliphatic rings. The van der Waals surface area contributed by atoms with E-state index in [9.17, 15) is 0 Å². The highest BCUT2D eigenvalue weighted by molar-refractivity contribution is 5.36. The van der Waals surface area contributed by atoms with Gasteiger partial charge in [-0.15, -0.1) is 0 Å². The highest BCUT2D eigenvalue weighted by Gasteiger charge is 2.03. The summed E-state index contributed by atoms with van der Waals surface area (Å²) in [5.74, 6) is 1.31. The van der Waals surface area contributed by atoms with Crippen LogP contribution < -0.4 is 10.5 Å². The summed E-state index contributed by atoms with van der Waals surface area (Å²) in [4.78, 5) is 3.87. The quantitative estimate of drug-likeness (QED) is 0.841. The van der Waals surface area contributed by atoms with Gasteiger partial charge < -0.3 is 10.5 Å². The van der Waals surface area contributed by atoms with E-state index in [4.69, 9.17) is 10.5 Å². The van der Waals surface area contributed by atoms with Gasteiger partial charge in [-0.2, -0.15) is 5.10 Å². The Morgan fingerprint density at radius 1 is 1.44 bits per heavy atom. The Balaban J connectivity index is 2.23. The zero-order valence-corrected chi connectivity index (χ0v) is 9.34.